The molecule has 0 amide bonds. The Bertz CT molecular complexity index is 391. The average molecular weight is 256 g/mol. The van der Waals surface area contributed by atoms with Gasteiger partial charge in [0, 0.05) is 5.56 Å². The second-order valence-electron chi connectivity index (χ2n) is 4.74. The minimum Gasteiger partial charge on any atom is -0.506 e. The molecule has 1 aromatic carbocycles. The first-order valence-corrected chi connectivity index (χ1v) is 6.40. The maximum atomic E-state index is 10.2. The van der Waals surface area contributed by atoms with E-state index in [0.29, 0.717) is 5.56 Å². The first-order chi connectivity index (χ1) is 8.11. The number of phenolic OH excluding ortho intramolecular Hbond substituents is 1. The summed E-state index contributed by atoms with van der Waals surface area (Å²) in [5, 5.41) is 20.3. The predicted octanol–water partition coefficient (Wildman–Crippen LogP) is 2.60. The van der Waals surface area contributed by atoms with Crippen molar-refractivity contribution in [1.29, 1.82) is 0 Å². The highest BCUT2D eigenvalue weighted by Crippen LogP contribution is 2.37. The highest BCUT2D eigenvalue weighted by Gasteiger charge is 2.30. The lowest BCUT2D eigenvalue weighted by atomic mass is 9.90. The Morgan fingerprint density at radius 2 is 1.94 bits per heavy atom. The van der Waals surface area contributed by atoms with Crippen LogP contribution in [0.4, 0.5) is 0 Å². The van der Waals surface area contributed by atoms with Crippen LogP contribution in [0.2, 0.25) is 5.02 Å². The van der Waals surface area contributed by atoms with Gasteiger partial charge in [0.15, 0.2) is 0 Å². The van der Waals surface area contributed by atoms with Crippen LogP contribution in [0.25, 0.3) is 0 Å². The van der Waals surface area contributed by atoms with Crippen molar-refractivity contribution in [3.05, 3.63) is 28.8 Å². The molecule has 0 spiro atoms. The Hall–Kier alpha value is -0.770. The standard InChI is InChI=1S/C13H18ClNO2/c14-10-7-3-6-9(13(10)17)11(15)12(16)8-4-1-2-5-8/h3,6-8,11-12,16-17H,1-2,4-5,15H2/t11-,12+/m0/s1. The van der Waals surface area contributed by atoms with Crippen LogP contribution < -0.4 is 5.73 Å². The Kier molecular flexibility index (Phi) is 3.92. The molecule has 2 atom stereocenters. The van der Waals surface area contributed by atoms with Crippen molar-refractivity contribution in [3.63, 3.8) is 0 Å². The van der Waals surface area contributed by atoms with E-state index in [1.54, 1.807) is 18.2 Å². The van der Waals surface area contributed by atoms with E-state index in [1.165, 1.54) is 0 Å². The van der Waals surface area contributed by atoms with E-state index in [1.807, 2.05) is 0 Å². The number of hydrogen-bond donors (Lipinski definition) is 3. The van der Waals surface area contributed by atoms with Gasteiger partial charge in [-0.2, -0.15) is 0 Å². The fraction of sp³-hybridized carbons (Fsp3) is 0.538. The lowest BCUT2D eigenvalue weighted by Gasteiger charge is -2.25. The molecule has 0 heterocycles. The third kappa shape index (κ3) is 2.57. The summed E-state index contributed by atoms with van der Waals surface area (Å²) >= 11 is 5.84. The largest absolute Gasteiger partial charge is 0.506 e. The molecule has 3 nitrogen and oxygen atoms in total. The maximum Gasteiger partial charge on any atom is 0.139 e. The van der Waals surface area contributed by atoms with Crippen LogP contribution >= 0.6 is 11.6 Å². The second kappa shape index (κ2) is 5.25. The number of para-hydroxylation sites is 1. The van der Waals surface area contributed by atoms with Gasteiger partial charge in [-0.15, -0.1) is 0 Å². The zero-order valence-corrected chi connectivity index (χ0v) is 10.4. The molecule has 0 unspecified atom stereocenters. The molecule has 4 heteroatoms. The number of aliphatic hydroxyl groups is 1. The van der Waals surface area contributed by atoms with Gasteiger partial charge >= 0.3 is 0 Å². The van der Waals surface area contributed by atoms with E-state index in [4.69, 9.17) is 17.3 Å². The minimum absolute atomic E-state index is 0.0151. The predicted molar refractivity (Wildman–Crippen MR) is 68.0 cm³/mol. The van der Waals surface area contributed by atoms with Crippen LogP contribution in [0.1, 0.15) is 37.3 Å². The zero-order valence-electron chi connectivity index (χ0n) is 9.64. The summed E-state index contributed by atoms with van der Waals surface area (Å²) < 4.78 is 0. The van der Waals surface area contributed by atoms with Gasteiger partial charge in [-0.05, 0) is 24.8 Å². The van der Waals surface area contributed by atoms with Gasteiger partial charge in [-0.1, -0.05) is 36.6 Å². The highest BCUT2D eigenvalue weighted by molar-refractivity contribution is 6.32. The summed E-state index contributed by atoms with van der Waals surface area (Å²) in [5.74, 6) is 0.224. The monoisotopic (exact) mass is 255 g/mol. The summed E-state index contributed by atoms with van der Waals surface area (Å²) in [6.45, 7) is 0. The van der Waals surface area contributed by atoms with E-state index in [-0.39, 0.29) is 16.7 Å². The third-order valence-electron chi connectivity index (χ3n) is 3.63. The molecule has 4 N–H and O–H groups in total. The molecule has 17 heavy (non-hydrogen) atoms. The highest BCUT2D eigenvalue weighted by atomic mass is 35.5. The molecular formula is C13H18ClNO2. The molecule has 0 saturated heterocycles. The molecule has 0 aliphatic heterocycles. The Labute approximate surface area is 106 Å². The summed E-state index contributed by atoms with van der Waals surface area (Å²) in [6, 6.07) is 4.48. The molecule has 1 aliphatic rings. The van der Waals surface area contributed by atoms with Gasteiger partial charge in [0.25, 0.3) is 0 Å². The first-order valence-electron chi connectivity index (χ1n) is 6.02. The third-order valence-corrected chi connectivity index (χ3v) is 3.93. The first kappa shape index (κ1) is 12.7. The second-order valence-corrected chi connectivity index (χ2v) is 5.15. The number of aliphatic hydroxyl groups excluding tert-OH is 1. The number of phenols is 1. The number of aromatic hydroxyl groups is 1. The van der Waals surface area contributed by atoms with Crippen LogP contribution in [-0.4, -0.2) is 16.3 Å². The molecule has 1 aromatic rings. The molecule has 2 rings (SSSR count). The van der Waals surface area contributed by atoms with Crippen molar-refractivity contribution in [2.75, 3.05) is 0 Å². The molecule has 1 fully saturated rings. The van der Waals surface area contributed by atoms with Gasteiger partial charge in [0.2, 0.25) is 0 Å². The summed E-state index contributed by atoms with van der Waals surface area (Å²) in [6.07, 6.45) is 3.71. The smallest absolute Gasteiger partial charge is 0.139 e. The summed E-state index contributed by atoms with van der Waals surface area (Å²) in [4.78, 5) is 0. The number of rotatable bonds is 3. The van der Waals surface area contributed by atoms with Gasteiger partial charge < -0.3 is 15.9 Å². The fourth-order valence-corrected chi connectivity index (χ4v) is 2.76. The van der Waals surface area contributed by atoms with E-state index in [2.05, 4.69) is 0 Å². The topological polar surface area (TPSA) is 66.5 Å². The number of halogens is 1. The molecule has 1 aliphatic carbocycles. The number of hydrogen-bond acceptors (Lipinski definition) is 3. The van der Waals surface area contributed by atoms with Crippen molar-refractivity contribution in [2.45, 2.75) is 37.8 Å². The van der Waals surface area contributed by atoms with Crippen LogP contribution in [0.15, 0.2) is 18.2 Å². The van der Waals surface area contributed by atoms with Crippen LogP contribution in [0.5, 0.6) is 5.75 Å². The van der Waals surface area contributed by atoms with Gasteiger partial charge in [-0.3, -0.25) is 0 Å². The zero-order chi connectivity index (χ0) is 12.4. The fourth-order valence-electron chi connectivity index (χ4n) is 2.58. The molecule has 1 saturated carbocycles. The van der Waals surface area contributed by atoms with Crippen molar-refractivity contribution >= 4 is 11.6 Å². The van der Waals surface area contributed by atoms with E-state index in [9.17, 15) is 10.2 Å². The molecular weight excluding hydrogens is 238 g/mol. The van der Waals surface area contributed by atoms with Gasteiger partial charge in [0.05, 0.1) is 17.2 Å². The van der Waals surface area contributed by atoms with Crippen LogP contribution in [-0.2, 0) is 0 Å². The van der Waals surface area contributed by atoms with Crippen LogP contribution in [0.3, 0.4) is 0 Å². The van der Waals surface area contributed by atoms with Gasteiger partial charge in [-0.25, -0.2) is 0 Å². The molecule has 0 radical (unpaired) electrons. The van der Waals surface area contributed by atoms with Gasteiger partial charge in [0.1, 0.15) is 5.75 Å². The number of benzene rings is 1. The Balaban J connectivity index is 2.18. The Morgan fingerprint density at radius 3 is 2.59 bits per heavy atom. The van der Waals surface area contributed by atoms with Crippen molar-refractivity contribution in [2.24, 2.45) is 11.7 Å². The Morgan fingerprint density at radius 1 is 1.29 bits per heavy atom. The van der Waals surface area contributed by atoms with E-state index in [0.717, 1.165) is 25.7 Å². The molecule has 0 aromatic heterocycles. The molecule has 0 bridgehead atoms. The van der Waals surface area contributed by atoms with E-state index >= 15 is 0 Å². The lowest BCUT2D eigenvalue weighted by molar-refractivity contribution is 0.0836. The summed E-state index contributed by atoms with van der Waals surface area (Å²) in [5.41, 5.74) is 6.54. The minimum atomic E-state index is -0.609. The molecule has 94 valence electrons. The average Bonchev–Trinajstić information content (AvgIpc) is 2.84. The summed E-state index contributed by atoms with van der Waals surface area (Å²) in [7, 11) is 0. The quantitative estimate of drug-likeness (QED) is 0.778. The SMILES string of the molecule is N[C@@H](c1cccc(Cl)c1O)[C@H](O)C1CCCC1. The van der Waals surface area contributed by atoms with Crippen molar-refractivity contribution in [3.8, 4) is 5.75 Å². The normalized spacial score (nSPS) is 20.4. The maximum absolute atomic E-state index is 10.2. The van der Waals surface area contributed by atoms with E-state index < -0.39 is 12.1 Å². The lowest BCUT2D eigenvalue weighted by Crippen LogP contribution is -2.32. The van der Waals surface area contributed by atoms with Crippen LogP contribution in [0, 0.1) is 5.92 Å². The van der Waals surface area contributed by atoms with Crippen molar-refractivity contribution < 1.29 is 10.2 Å². The number of nitrogens with two attached hydrogens (primary N) is 1. The van der Waals surface area contributed by atoms with Crippen molar-refractivity contribution in [1.82, 2.24) is 0 Å².